The van der Waals surface area contributed by atoms with Crippen molar-refractivity contribution in [1.82, 2.24) is 0 Å². The Morgan fingerprint density at radius 3 is 2.42 bits per heavy atom. The molecular weight excluding hydrogens is 352 g/mol. The summed E-state index contributed by atoms with van der Waals surface area (Å²) in [6.07, 6.45) is 0.422. The van der Waals surface area contributed by atoms with Gasteiger partial charge in [0, 0.05) is 12.7 Å². The zero-order valence-electron chi connectivity index (χ0n) is 15.6. The molecule has 0 fully saturated rings. The number of sulfonamides is 1. The molecule has 2 aromatic carbocycles. The predicted molar refractivity (Wildman–Crippen MR) is 104 cm³/mol. The molecule has 2 aromatic rings. The molecule has 7 heteroatoms. The summed E-state index contributed by atoms with van der Waals surface area (Å²) in [7, 11) is -1.91. The number of hydrogen-bond acceptors (Lipinski definition) is 4. The zero-order chi connectivity index (χ0) is 19.5. The third-order valence-electron chi connectivity index (χ3n) is 4.14. The third-order valence-corrected chi connectivity index (χ3v) is 5.34. The van der Waals surface area contributed by atoms with E-state index in [1.807, 2.05) is 32.0 Å². The molecule has 26 heavy (non-hydrogen) atoms. The highest BCUT2D eigenvalue weighted by atomic mass is 32.2. The quantitative estimate of drug-likeness (QED) is 0.840. The Morgan fingerprint density at radius 1 is 1.12 bits per heavy atom. The Balaban J connectivity index is 2.08. The summed E-state index contributed by atoms with van der Waals surface area (Å²) in [6.45, 7) is 5.66. The minimum atomic E-state index is -3.37. The van der Waals surface area contributed by atoms with E-state index in [1.54, 1.807) is 31.2 Å². The molecule has 0 unspecified atom stereocenters. The molecule has 0 radical (unpaired) electrons. The fourth-order valence-corrected chi connectivity index (χ4v) is 2.76. The molecular formula is C19H24N2O4S. The Kier molecular flexibility index (Phi) is 5.92. The first-order chi connectivity index (χ1) is 12.1. The summed E-state index contributed by atoms with van der Waals surface area (Å²) in [5.74, 6) is 0.309. The average Bonchev–Trinajstić information content (AvgIpc) is 2.56. The summed E-state index contributed by atoms with van der Waals surface area (Å²) >= 11 is 0. The molecule has 0 aliphatic rings. The van der Waals surface area contributed by atoms with E-state index in [9.17, 15) is 13.2 Å². The van der Waals surface area contributed by atoms with Crippen LogP contribution in [-0.2, 0) is 14.8 Å². The van der Waals surface area contributed by atoms with E-state index in [-0.39, 0.29) is 5.91 Å². The zero-order valence-corrected chi connectivity index (χ0v) is 16.4. The highest BCUT2D eigenvalue weighted by molar-refractivity contribution is 7.92. The number of rotatable bonds is 6. The van der Waals surface area contributed by atoms with Gasteiger partial charge in [-0.25, -0.2) is 8.42 Å². The van der Waals surface area contributed by atoms with Crippen LogP contribution in [0.15, 0.2) is 42.5 Å². The van der Waals surface area contributed by atoms with Crippen LogP contribution in [0.3, 0.4) is 0 Å². The van der Waals surface area contributed by atoms with Crippen molar-refractivity contribution in [3.63, 3.8) is 0 Å². The first-order valence-electron chi connectivity index (χ1n) is 8.16. The Labute approximate surface area is 154 Å². The molecule has 0 saturated heterocycles. The predicted octanol–water partition coefficient (Wildman–Crippen LogP) is 3.11. The van der Waals surface area contributed by atoms with Crippen LogP contribution in [0.5, 0.6) is 5.75 Å². The van der Waals surface area contributed by atoms with Gasteiger partial charge in [-0.2, -0.15) is 0 Å². The van der Waals surface area contributed by atoms with Gasteiger partial charge in [0.15, 0.2) is 6.10 Å². The van der Waals surface area contributed by atoms with Crippen LogP contribution in [0.25, 0.3) is 0 Å². The van der Waals surface area contributed by atoms with E-state index in [2.05, 4.69) is 5.32 Å². The lowest BCUT2D eigenvalue weighted by Gasteiger charge is -2.19. The van der Waals surface area contributed by atoms with E-state index in [1.165, 1.54) is 7.05 Å². The van der Waals surface area contributed by atoms with E-state index >= 15 is 0 Å². The van der Waals surface area contributed by atoms with Crippen molar-refractivity contribution in [3.05, 3.63) is 53.6 Å². The van der Waals surface area contributed by atoms with Crippen molar-refractivity contribution in [2.45, 2.75) is 26.9 Å². The van der Waals surface area contributed by atoms with Gasteiger partial charge in [-0.15, -0.1) is 0 Å². The first-order valence-corrected chi connectivity index (χ1v) is 10.0. The minimum absolute atomic E-state index is 0.317. The SMILES string of the molecule is Cc1ccc(O[C@H](C)C(=O)Nc2cccc(N(C)S(C)(=O)=O)c2)cc1C. The summed E-state index contributed by atoms with van der Waals surface area (Å²) in [5.41, 5.74) is 3.21. The van der Waals surface area contributed by atoms with Crippen LogP contribution < -0.4 is 14.4 Å². The van der Waals surface area contributed by atoms with Crippen LogP contribution in [0.1, 0.15) is 18.1 Å². The standard InChI is InChI=1S/C19H24N2O4S/c1-13-9-10-18(11-14(13)2)25-15(3)19(22)20-16-7-6-8-17(12-16)21(4)26(5,23)24/h6-12,15H,1-5H3,(H,20,22)/t15-/m1/s1. The molecule has 0 bridgehead atoms. The highest BCUT2D eigenvalue weighted by Crippen LogP contribution is 2.21. The van der Waals surface area contributed by atoms with Gasteiger partial charge in [0.25, 0.3) is 5.91 Å². The van der Waals surface area contributed by atoms with E-state index in [0.717, 1.165) is 21.7 Å². The van der Waals surface area contributed by atoms with Gasteiger partial charge in [-0.05, 0) is 62.2 Å². The van der Waals surface area contributed by atoms with Crippen molar-refractivity contribution >= 4 is 27.3 Å². The molecule has 0 heterocycles. The maximum Gasteiger partial charge on any atom is 0.265 e. The van der Waals surface area contributed by atoms with Crippen molar-refractivity contribution in [3.8, 4) is 5.75 Å². The van der Waals surface area contributed by atoms with E-state index in [0.29, 0.717) is 17.1 Å². The van der Waals surface area contributed by atoms with Crippen molar-refractivity contribution < 1.29 is 17.9 Å². The molecule has 1 N–H and O–H groups in total. The van der Waals surface area contributed by atoms with Gasteiger partial charge in [-0.3, -0.25) is 9.10 Å². The number of carbonyl (C=O) groups is 1. The smallest absolute Gasteiger partial charge is 0.265 e. The monoisotopic (exact) mass is 376 g/mol. The number of nitrogens with zero attached hydrogens (tertiary/aromatic N) is 1. The minimum Gasteiger partial charge on any atom is -0.481 e. The van der Waals surface area contributed by atoms with Gasteiger partial charge in [0.1, 0.15) is 5.75 Å². The number of anilines is 2. The van der Waals surface area contributed by atoms with Gasteiger partial charge >= 0.3 is 0 Å². The van der Waals surface area contributed by atoms with Gasteiger partial charge < -0.3 is 10.1 Å². The molecule has 0 spiro atoms. The molecule has 140 valence electrons. The summed E-state index contributed by atoms with van der Waals surface area (Å²) in [5, 5.41) is 2.75. The molecule has 1 atom stereocenters. The first kappa shape index (κ1) is 19.8. The average molecular weight is 376 g/mol. The molecule has 1 amide bonds. The van der Waals surface area contributed by atoms with Gasteiger partial charge in [0.2, 0.25) is 10.0 Å². The molecule has 2 rings (SSSR count). The van der Waals surface area contributed by atoms with Crippen LogP contribution in [-0.4, -0.2) is 33.7 Å². The number of ether oxygens (including phenoxy) is 1. The Bertz CT molecular complexity index is 910. The molecule has 0 aliphatic carbocycles. The van der Waals surface area contributed by atoms with Crippen molar-refractivity contribution in [2.75, 3.05) is 22.9 Å². The second-order valence-electron chi connectivity index (χ2n) is 6.28. The van der Waals surface area contributed by atoms with Crippen LogP contribution in [0.4, 0.5) is 11.4 Å². The second kappa shape index (κ2) is 7.78. The van der Waals surface area contributed by atoms with Crippen LogP contribution in [0, 0.1) is 13.8 Å². The molecule has 0 aliphatic heterocycles. The number of hydrogen-bond donors (Lipinski definition) is 1. The number of nitrogens with one attached hydrogen (secondary N) is 1. The highest BCUT2D eigenvalue weighted by Gasteiger charge is 2.17. The summed E-state index contributed by atoms with van der Waals surface area (Å²) in [6, 6.07) is 12.3. The number of benzene rings is 2. The lowest BCUT2D eigenvalue weighted by Crippen LogP contribution is -2.30. The summed E-state index contributed by atoms with van der Waals surface area (Å²) < 4.78 is 30.1. The van der Waals surface area contributed by atoms with Crippen molar-refractivity contribution in [2.24, 2.45) is 0 Å². The van der Waals surface area contributed by atoms with E-state index < -0.39 is 16.1 Å². The molecule has 0 saturated carbocycles. The lowest BCUT2D eigenvalue weighted by molar-refractivity contribution is -0.122. The maximum absolute atomic E-state index is 12.4. The normalized spacial score (nSPS) is 12.3. The second-order valence-corrected chi connectivity index (χ2v) is 8.29. The van der Waals surface area contributed by atoms with Gasteiger partial charge in [0.05, 0.1) is 11.9 Å². The van der Waals surface area contributed by atoms with Crippen LogP contribution >= 0.6 is 0 Å². The third kappa shape index (κ3) is 4.98. The fraction of sp³-hybridized carbons (Fsp3) is 0.316. The van der Waals surface area contributed by atoms with Gasteiger partial charge in [-0.1, -0.05) is 12.1 Å². The number of aryl methyl sites for hydroxylation is 2. The fourth-order valence-electron chi connectivity index (χ4n) is 2.26. The number of amides is 1. The van der Waals surface area contributed by atoms with Crippen molar-refractivity contribution in [1.29, 1.82) is 0 Å². The summed E-state index contributed by atoms with van der Waals surface area (Å²) in [4.78, 5) is 12.4. The Morgan fingerprint density at radius 2 is 1.81 bits per heavy atom. The maximum atomic E-state index is 12.4. The van der Waals surface area contributed by atoms with E-state index in [4.69, 9.17) is 4.74 Å². The molecule has 0 aromatic heterocycles. The Hall–Kier alpha value is -2.54. The topological polar surface area (TPSA) is 75.7 Å². The lowest BCUT2D eigenvalue weighted by atomic mass is 10.1. The molecule has 6 nitrogen and oxygen atoms in total. The number of carbonyl (C=O) groups excluding carboxylic acids is 1. The van der Waals surface area contributed by atoms with Crippen LogP contribution in [0.2, 0.25) is 0 Å². The largest absolute Gasteiger partial charge is 0.481 e.